The number of hydrogen-bond donors (Lipinski definition) is 3. The van der Waals surface area contributed by atoms with Crippen molar-refractivity contribution in [1.82, 2.24) is 10.2 Å². The van der Waals surface area contributed by atoms with Gasteiger partial charge in [-0.2, -0.15) is 5.10 Å². The summed E-state index contributed by atoms with van der Waals surface area (Å²) < 4.78 is 18.5. The van der Waals surface area contributed by atoms with E-state index in [1.807, 2.05) is 0 Å². The molecule has 1 aromatic carbocycles. The van der Waals surface area contributed by atoms with Crippen LogP contribution in [0.1, 0.15) is 0 Å². The molecular weight excluding hydrogens is 213 g/mol. The molecule has 0 aliphatic rings. The average Bonchev–Trinajstić information content (AvgIpc) is 2.65. The van der Waals surface area contributed by atoms with Gasteiger partial charge in [0.05, 0.1) is 13.3 Å². The summed E-state index contributed by atoms with van der Waals surface area (Å²) in [6.07, 6.45) is 1.41. The predicted molar refractivity (Wildman–Crippen MR) is 56.6 cm³/mol. The minimum absolute atomic E-state index is 0.178. The summed E-state index contributed by atoms with van der Waals surface area (Å²) in [4.78, 5) is 0. The Morgan fingerprint density at radius 1 is 1.44 bits per heavy atom. The quantitative estimate of drug-likeness (QED) is 0.720. The number of phenolic OH excluding ortho intramolecular Hbond substituents is 1. The maximum atomic E-state index is 13.6. The normalized spacial score (nSPS) is 10.4. The van der Waals surface area contributed by atoms with Crippen molar-refractivity contribution >= 4 is 5.82 Å². The van der Waals surface area contributed by atoms with Crippen LogP contribution in [0.3, 0.4) is 0 Å². The van der Waals surface area contributed by atoms with Crippen molar-refractivity contribution in [2.45, 2.75) is 0 Å². The van der Waals surface area contributed by atoms with E-state index in [1.54, 1.807) is 0 Å². The molecule has 5 nitrogen and oxygen atoms in total. The molecule has 4 N–H and O–H groups in total. The van der Waals surface area contributed by atoms with Crippen molar-refractivity contribution < 1.29 is 14.2 Å². The maximum absolute atomic E-state index is 13.6. The van der Waals surface area contributed by atoms with Gasteiger partial charge in [-0.1, -0.05) is 0 Å². The van der Waals surface area contributed by atoms with Gasteiger partial charge in [0.2, 0.25) is 0 Å². The maximum Gasteiger partial charge on any atom is 0.161 e. The van der Waals surface area contributed by atoms with Crippen LogP contribution in [0.4, 0.5) is 10.2 Å². The van der Waals surface area contributed by atoms with Gasteiger partial charge in [0.15, 0.2) is 11.5 Å². The van der Waals surface area contributed by atoms with E-state index in [0.29, 0.717) is 5.56 Å². The standard InChI is InChI=1S/C10H10FN3O2/c1-16-9-2-5(7(11)3-8(9)15)6-4-13-14-10(6)12/h2-4,15H,1H3,(H3,12,13,14). The van der Waals surface area contributed by atoms with Crippen molar-refractivity contribution in [2.24, 2.45) is 0 Å². The number of ether oxygens (including phenoxy) is 1. The van der Waals surface area contributed by atoms with Gasteiger partial charge in [-0.15, -0.1) is 0 Å². The highest BCUT2D eigenvalue weighted by atomic mass is 19.1. The summed E-state index contributed by atoms with van der Waals surface area (Å²) in [5.74, 6) is -0.416. The Bertz CT molecular complexity index is 525. The number of rotatable bonds is 2. The molecule has 0 unspecified atom stereocenters. The van der Waals surface area contributed by atoms with Gasteiger partial charge in [0.25, 0.3) is 0 Å². The number of aromatic amines is 1. The number of nitrogens with one attached hydrogen (secondary N) is 1. The number of H-pyrrole nitrogens is 1. The topological polar surface area (TPSA) is 84.2 Å². The van der Waals surface area contributed by atoms with Crippen LogP contribution in [0.5, 0.6) is 11.5 Å². The molecule has 0 bridgehead atoms. The number of anilines is 1. The molecule has 84 valence electrons. The number of halogens is 1. The summed E-state index contributed by atoms with van der Waals surface area (Å²) in [6, 6.07) is 2.34. The number of aromatic nitrogens is 2. The third-order valence-corrected chi connectivity index (χ3v) is 2.23. The smallest absolute Gasteiger partial charge is 0.161 e. The van der Waals surface area contributed by atoms with Crippen LogP contribution in [-0.4, -0.2) is 22.4 Å². The second kappa shape index (κ2) is 3.73. The predicted octanol–water partition coefficient (Wildman–Crippen LogP) is 1.51. The summed E-state index contributed by atoms with van der Waals surface area (Å²) in [6.45, 7) is 0. The lowest BCUT2D eigenvalue weighted by atomic mass is 10.1. The zero-order chi connectivity index (χ0) is 11.7. The number of nitrogens with zero attached hydrogens (tertiary/aromatic N) is 1. The first-order valence-electron chi connectivity index (χ1n) is 4.49. The van der Waals surface area contributed by atoms with E-state index < -0.39 is 5.82 Å². The van der Waals surface area contributed by atoms with E-state index in [0.717, 1.165) is 6.07 Å². The third kappa shape index (κ3) is 1.54. The number of phenols is 1. The molecule has 0 amide bonds. The third-order valence-electron chi connectivity index (χ3n) is 2.23. The molecule has 2 aromatic rings. The number of aromatic hydroxyl groups is 1. The number of hydrogen-bond acceptors (Lipinski definition) is 4. The van der Waals surface area contributed by atoms with Crippen molar-refractivity contribution in [2.75, 3.05) is 12.8 Å². The van der Waals surface area contributed by atoms with Gasteiger partial charge in [-0.05, 0) is 6.07 Å². The van der Waals surface area contributed by atoms with Gasteiger partial charge in [-0.3, -0.25) is 5.10 Å². The minimum Gasteiger partial charge on any atom is -0.504 e. The van der Waals surface area contributed by atoms with Crippen LogP contribution in [-0.2, 0) is 0 Å². The van der Waals surface area contributed by atoms with E-state index in [-0.39, 0.29) is 22.9 Å². The molecule has 0 atom stereocenters. The van der Waals surface area contributed by atoms with E-state index in [2.05, 4.69) is 10.2 Å². The molecule has 0 saturated carbocycles. The van der Waals surface area contributed by atoms with Gasteiger partial charge in [0.1, 0.15) is 11.6 Å². The summed E-state index contributed by atoms with van der Waals surface area (Å²) in [5.41, 5.74) is 6.23. The van der Waals surface area contributed by atoms with Gasteiger partial charge in [0, 0.05) is 17.2 Å². The number of benzene rings is 1. The van der Waals surface area contributed by atoms with Gasteiger partial charge in [-0.25, -0.2) is 4.39 Å². The van der Waals surface area contributed by atoms with Gasteiger partial charge < -0.3 is 15.6 Å². The second-order valence-electron chi connectivity index (χ2n) is 3.20. The molecule has 2 rings (SSSR count). The van der Waals surface area contributed by atoms with Crippen LogP contribution >= 0.6 is 0 Å². The fourth-order valence-electron chi connectivity index (χ4n) is 1.42. The molecule has 1 heterocycles. The van der Waals surface area contributed by atoms with Crippen molar-refractivity contribution in [3.63, 3.8) is 0 Å². The Hall–Kier alpha value is -2.24. The highest BCUT2D eigenvalue weighted by molar-refractivity contribution is 5.75. The first kappa shape index (κ1) is 10.3. The Morgan fingerprint density at radius 3 is 2.75 bits per heavy atom. The molecule has 0 fully saturated rings. The zero-order valence-corrected chi connectivity index (χ0v) is 8.49. The molecule has 0 spiro atoms. The van der Waals surface area contributed by atoms with Crippen molar-refractivity contribution in [3.8, 4) is 22.6 Å². The van der Waals surface area contributed by atoms with Crippen molar-refractivity contribution in [3.05, 3.63) is 24.1 Å². The molecular formula is C10H10FN3O2. The van der Waals surface area contributed by atoms with Crippen LogP contribution in [0.25, 0.3) is 11.1 Å². The molecule has 6 heteroatoms. The zero-order valence-electron chi connectivity index (χ0n) is 8.49. The number of nitrogens with two attached hydrogens (primary N) is 1. The Balaban J connectivity index is 2.61. The van der Waals surface area contributed by atoms with Crippen molar-refractivity contribution in [1.29, 1.82) is 0 Å². The minimum atomic E-state index is -0.591. The van der Waals surface area contributed by atoms with Crippen LogP contribution in [0.2, 0.25) is 0 Å². The molecule has 0 radical (unpaired) electrons. The van der Waals surface area contributed by atoms with E-state index >= 15 is 0 Å². The van der Waals surface area contributed by atoms with E-state index in [4.69, 9.17) is 10.5 Å². The molecule has 16 heavy (non-hydrogen) atoms. The first-order valence-corrected chi connectivity index (χ1v) is 4.49. The lowest BCUT2D eigenvalue weighted by Crippen LogP contribution is -1.92. The number of methoxy groups -OCH3 is 1. The average molecular weight is 223 g/mol. The molecule has 0 aliphatic carbocycles. The Morgan fingerprint density at radius 2 is 2.19 bits per heavy atom. The van der Waals surface area contributed by atoms with Crippen LogP contribution < -0.4 is 10.5 Å². The van der Waals surface area contributed by atoms with E-state index in [9.17, 15) is 9.50 Å². The fraction of sp³-hybridized carbons (Fsp3) is 0.100. The lowest BCUT2D eigenvalue weighted by molar-refractivity contribution is 0.371. The first-order chi connectivity index (χ1) is 7.63. The number of nitrogen functional groups attached to an aromatic ring is 1. The highest BCUT2D eigenvalue weighted by Crippen LogP contribution is 2.35. The van der Waals surface area contributed by atoms with E-state index in [1.165, 1.54) is 19.4 Å². The van der Waals surface area contributed by atoms with Gasteiger partial charge >= 0.3 is 0 Å². The monoisotopic (exact) mass is 223 g/mol. The summed E-state index contributed by atoms with van der Waals surface area (Å²) >= 11 is 0. The largest absolute Gasteiger partial charge is 0.504 e. The highest BCUT2D eigenvalue weighted by Gasteiger charge is 2.14. The summed E-state index contributed by atoms with van der Waals surface area (Å²) in [5, 5.41) is 15.6. The molecule has 0 aliphatic heterocycles. The molecule has 1 aromatic heterocycles. The molecule has 0 saturated heterocycles. The summed E-state index contributed by atoms with van der Waals surface area (Å²) in [7, 11) is 1.38. The fourth-order valence-corrected chi connectivity index (χ4v) is 1.42. The lowest BCUT2D eigenvalue weighted by Gasteiger charge is -2.07. The SMILES string of the molecule is COc1cc(-c2cn[nH]c2N)c(F)cc1O. The second-order valence-corrected chi connectivity index (χ2v) is 3.20. The Kier molecular flexibility index (Phi) is 2.40. The van der Waals surface area contributed by atoms with Crippen LogP contribution in [0, 0.1) is 5.82 Å². The Labute approximate surface area is 90.7 Å². The van der Waals surface area contributed by atoms with Crippen LogP contribution in [0.15, 0.2) is 18.3 Å².